The molecule has 1 aliphatic carbocycles. The van der Waals surface area contributed by atoms with Gasteiger partial charge in [-0.3, -0.25) is 4.79 Å². The summed E-state index contributed by atoms with van der Waals surface area (Å²) < 4.78 is 0. The van der Waals surface area contributed by atoms with Crippen LogP contribution in [0.3, 0.4) is 0 Å². The van der Waals surface area contributed by atoms with Crippen LogP contribution in [0.5, 0.6) is 0 Å². The summed E-state index contributed by atoms with van der Waals surface area (Å²) >= 11 is 1.69. The van der Waals surface area contributed by atoms with E-state index in [0.717, 1.165) is 17.7 Å². The lowest BCUT2D eigenvalue weighted by Gasteiger charge is -2.37. The average Bonchev–Trinajstić information content (AvgIpc) is 2.75. The van der Waals surface area contributed by atoms with E-state index in [4.69, 9.17) is 5.11 Å². The van der Waals surface area contributed by atoms with Crippen LogP contribution in [-0.4, -0.2) is 35.1 Å². The van der Waals surface area contributed by atoms with Crippen molar-refractivity contribution < 1.29 is 9.90 Å². The van der Waals surface area contributed by atoms with Crippen LogP contribution >= 0.6 is 11.3 Å². The number of aryl methyl sites for hydroxylation is 1. The molecule has 4 heteroatoms. The molecule has 1 N–H and O–H groups in total. The Kier molecular flexibility index (Phi) is 5.16. The molecule has 0 spiro atoms. The van der Waals surface area contributed by atoms with Crippen molar-refractivity contribution in [3.63, 3.8) is 0 Å². The molecule has 1 aromatic heterocycles. The lowest BCUT2D eigenvalue weighted by atomic mass is 9.91. The van der Waals surface area contributed by atoms with Gasteiger partial charge < -0.3 is 10.0 Å². The molecule has 1 saturated carbocycles. The summed E-state index contributed by atoms with van der Waals surface area (Å²) in [7, 11) is 0. The number of amides is 1. The Morgan fingerprint density at radius 1 is 1.53 bits per heavy atom. The minimum absolute atomic E-state index is 0.0733. The zero-order valence-corrected chi connectivity index (χ0v) is 12.2. The molecule has 0 aromatic carbocycles. The number of nitrogens with zero attached hydrogens (tertiary/aromatic N) is 1. The Morgan fingerprint density at radius 3 is 2.84 bits per heavy atom. The highest BCUT2D eigenvalue weighted by Gasteiger charge is 2.26. The van der Waals surface area contributed by atoms with E-state index in [2.05, 4.69) is 13.0 Å². The summed E-state index contributed by atoms with van der Waals surface area (Å²) in [5, 5.41) is 8.93. The average molecular weight is 279 g/mol. The molecule has 1 aromatic rings. The highest BCUT2D eigenvalue weighted by Crippen LogP contribution is 2.25. The molecule has 0 radical (unpaired) electrons. The van der Waals surface area contributed by atoms with Crippen molar-refractivity contribution in [1.29, 1.82) is 0 Å². The molecule has 0 saturated heterocycles. The van der Waals surface area contributed by atoms with Crippen molar-refractivity contribution in [3.8, 4) is 0 Å². The number of rotatable bonds is 6. The Morgan fingerprint density at radius 2 is 2.32 bits per heavy atom. The van der Waals surface area contributed by atoms with Gasteiger partial charge in [0, 0.05) is 35.0 Å². The van der Waals surface area contributed by atoms with Gasteiger partial charge in [0.15, 0.2) is 0 Å². The second-order valence-corrected chi connectivity index (χ2v) is 6.29. The lowest BCUT2D eigenvalue weighted by molar-refractivity contribution is -0.130. The topological polar surface area (TPSA) is 40.5 Å². The minimum Gasteiger partial charge on any atom is -0.396 e. The highest BCUT2D eigenvalue weighted by atomic mass is 32.1. The lowest BCUT2D eigenvalue weighted by Crippen LogP contribution is -2.44. The zero-order chi connectivity index (χ0) is 13.7. The van der Waals surface area contributed by atoms with E-state index in [-0.39, 0.29) is 12.5 Å². The van der Waals surface area contributed by atoms with Crippen molar-refractivity contribution in [1.82, 2.24) is 4.90 Å². The number of hydrogen-bond acceptors (Lipinski definition) is 3. The zero-order valence-electron chi connectivity index (χ0n) is 11.3. The van der Waals surface area contributed by atoms with Gasteiger partial charge in [0.05, 0.1) is 0 Å². The maximum Gasteiger partial charge on any atom is 0.246 e. The Hall–Kier alpha value is -1.13. The van der Waals surface area contributed by atoms with E-state index in [1.54, 1.807) is 17.4 Å². The van der Waals surface area contributed by atoms with Gasteiger partial charge in [-0.25, -0.2) is 0 Å². The van der Waals surface area contributed by atoms with Crippen LogP contribution in [0.4, 0.5) is 0 Å². The van der Waals surface area contributed by atoms with Crippen molar-refractivity contribution in [2.75, 3.05) is 13.2 Å². The molecule has 1 heterocycles. The van der Waals surface area contributed by atoms with Crippen LogP contribution in [0, 0.1) is 6.92 Å². The summed E-state index contributed by atoms with van der Waals surface area (Å²) in [6.45, 7) is 2.86. The molecule has 3 nitrogen and oxygen atoms in total. The van der Waals surface area contributed by atoms with Crippen LogP contribution in [0.2, 0.25) is 0 Å². The third-order valence-electron chi connectivity index (χ3n) is 3.51. The molecule has 1 amide bonds. The van der Waals surface area contributed by atoms with Crippen LogP contribution in [-0.2, 0) is 4.79 Å². The number of aliphatic hydroxyl groups excluding tert-OH is 1. The molecular weight excluding hydrogens is 258 g/mol. The predicted octanol–water partition coefficient (Wildman–Crippen LogP) is 2.83. The van der Waals surface area contributed by atoms with Crippen molar-refractivity contribution >= 4 is 23.3 Å². The molecule has 0 atom stereocenters. The van der Waals surface area contributed by atoms with Gasteiger partial charge in [-0.1, -0.05) is 0 Å². The van der Waals surface area contributed by atoms with E-state index < -0.39 is 0 Å². The maximum atomic E-state index is 12.2. The summed E-state index contributed by atoms with van der Waals surface area (Å²) in [5.41, 5.74) is 0. The molecule has 104 valence electrons. The van der Waals surface area contributed by atoms with Crippen LogP contribution < -0.4 is 0 Å². The fraction of sp³-hybridized carbons (Fsp3) is 0.533. The van der Waals surface area contributed by atoms with Crippen molar-refractivity contribution in [2.24, 2.45) is 0 Å². The van der Waals surface area contributed by atoms with E-state index in [1.807, 2.05) is 17.0 Å². The molecule has 19 heavy (non-hydrogen) atoms. The second kappa shape index (κ2) is 6.87. The first-order valence-corrected chi connectivity index (χ1v) is 7.68. The first-order valence-electron chi connectivity index (χ1n) is 6.86. The quantitative estimate of drug-likeness (QED) is 0.813. The predicted molar refractivity (Wildman–Crippen MR) is 79.1 cm³/mol. The molecule has 1 fully saturated rings. The fourth-order valence-corrected chi connectivity index (χ4v) is 2.98. The van der Waals surface area contributed by atoms with Gasteiger partial charge in [-0.15, -0.1) is 11.3 Å². The smallest absolute Gasteiger partial charge is 0.246 e. The van der Waals surface area contributed by atoms with Crippen LogP contribution in [0.15, 0.2) is 18.2 Å². The van der Waals surface area contributed by atoms with E-state index in [0.29, 0.717) is 19.0 Å². The third kappa shape index (κ3) is 3.91. The molecule has 0 aliphatic heterocycles. The Labute approximate surface area is 118 Å². The number of thiophene rings is 1. The number of hydrogen-bond donors (Lipinski definition) is 1. The van der Waals surface area contributed by atoms with Crippen LogP contribution in [0.1, 0.15) is 35.4 Å². The molecular formula is C15H21NO2S. The standard InChI is InChI=1S/C15H21NO2S/c1-12-6-7-14(19-12)8-9-15(18)16(10-3-11-17)13-4-2-5-13/h6-9,13,17H,2-5,10-11H2,1H3/b9-8+. The van der Waals surface area contributed by atoms with Gasteiger partial charge in [-0.05, 0) is 50.8 Å². The molecule has 0 unspecified atom stereocenters. The third-order valence-corrected chi connectivity index (χ3v) is 4.47. The number of carbonyl (C=O) groups excluding carboxylic acids is 1. The molecule has 0 bridgehead atoms. The summed E-state index contributed by atoms with van der Waals surface area (Å²) in [4.78, 5) is 16.5. The molecule has 2 rings (SSSR count). The Balaban J connectivity index is 1.96. The van der Waals surface area contributed by atoms with Gasteiger partial charge in [0.25, 0.3) is 0 Å². The number of aliphatic hydroxyl groups is 1. The largest absolute Gasteiger partial charge is 0.396 e. The van der Waals surface area contributed by atoms with Crippen molar-refractivity contribution in [2.45, 2.75) is 38.6 Å². The summed E-state index contributed by atoms with van der Waals surface area (Å²) in [6.07, 6.45) is 7.63. The van der Waals surface area contributed by atoms with E-state index in [1.165, 1.54) is 11.3 Å². The fourth-order valence-electron chi connectivity index (χ4n) is 2.20. The van der Waals surface area contributed by atoms with E-state index in [9.17, 15) is 4.79 Å². The van der Waals surface area contributed by atoms with Crippen LogP contribution in [0.25, 0.3) is 6.08 Å². The SMILES string of the molecule is Cc1ccc(/C=C/C(=O)N(CCCO)C2CCC2)s1. The normalized spacial score (nSPS) is 15.7. The minimum atomic E-state index is 0.0733. The summed E-state index contributed by atoms with van der Waals surface area (Å²) in [6, 6.07) is 4.48. The molecule has 1 aliphatic rings. The van der Waals surface area contributed by atoms with E-state index >= 15 is 0 Å². The second-order valence-electron chi connectivity index (χ2n) is 4.98. The van der Waals surface area contributed by atoms with Gasteiger partial charge in [0.2, 0.25) is 5.91 Å². The summed E-state index contributed by atoms with van der Waals surface area (Å²) in [5.74, 6) is 0.0733. The van der Waals surface area contributed by atoms with Crippen molar-refractivity contribution in [3.05, 3.63) is 28.0 Å². The van der Waals surface area contributed by atoms with Gasteiger partial charge in [0.1, 0.15) is 0 Å². The maximum absolute atomic E-state index is 12.2. The Bertz CT molecular complexity index is 449. The van der Waals surface area contributed by atoms with Gasteiger partial charge in [-0.2, -0.15) is 0 Å². The first-order chi connectivity index (χ1) is 9.20. The first kappa shape index (κ1) is 14.3. The number of carbonyl (C=O) groups is 1. The highest BCUT2D eigenvalue weighted by molar-refractivity contribution is 7.12. The monoisotopic (exact) mass is 279 g/mol. The van der Waals surface area contributed by atoms with Gasteiger partial charge >= 0.3 is 0 Å².